The van der Waals surface area contributed by atoms with Crippen LogP contribution >= 0.6 is 15.9 Å². The summed E-state index contributed by atoms with van der Waals surface area (Å²) in [5.41, 5.74) is 2.68. The molecule has 0 aliphatic heterocycles. The number of hydrogen-bond acceptors (Lipinski definition) is 2. The fourth-order valence-corrected chi connectivity index (χ4v) is 2.72. The number of benzene rings is 1. The van der Waals surface area contributed by atoms with E-state index in [9.17, 15) is 0 Å². The van der Waals surface area contributed by atoms with Crippen LogP contribution in [0.15, 0.2) is 22.7 Å². The first kappa shape index (κ1) is 13.9. The highest BCUT2D eigenvalue weighted by Crippen LogP contribution is 2.33. The predicted molar refractivity (Wildman–Crippen MR) is 82.2 cm³/mol. The molecule has 1 aromatic carbocycles. The summed E-state index contributed by atoms with van der Waals surface area (Å²) in [6, 6.07) is 8.06. The van der Waals surface area contributed by atoms with Gasteiger partial charge in [-0.3, -0.25) is 0 Å². The van der Waals surface area contributed by atoms with Gasteiger partial charge in [0, 0.05) is 35.3 Å². The van der Waals surface area contributed by atoms with Crippen LogP contribution in [0.5, 0.6) is 0 Å². The second-order valence-corrected chi connectivity index (χ2v) is 6.18. The summed E-state index contributed by atoms with van der Waals surface area (Å²) in [7, 11) is 0. The van der Waals surface area contributed by atoms with Crippen LogP contribution in [0, 0.1) is 0 Å². The smallest absolute Gasteiger partial charge is 0.0380 e. The highest BCUT2D eigenvalue weighted by atomic mass is 79.9. The molecule has 2 nitrogen and oxygen atoms in total. The third-order valence-electron chi connectivity index (χ3n) is 3.40. The summed E-state index contributed by atoms with van der Waals surface area (Å²) in [5.74, 6) is 0. The van der Waals surface area contributed by atoms with Crippen molar-refractivity contribution in [1.82, 2.24) is 5.32 Å². The highest BCUT2D eigenvalue weighted by Gasteiger charge is 2.28. The quantitative estimate of drug-likeness (QED) is 0.856. The topological polar surface area (TPSA) is 15.3 Å². The van der Waals surface area contributed by atoms with E-state index < -0.39 is 0 Å². The first-order valence-corrected chi connectivity index (χ1v) is 7.69. The summed E-state index contributed by atoms with van der Waals surface area (Å²) in [6.07, 6.45) is 2.70. The van der Waals surface area contributed by atoms with E-state index in [-0.39, 0.29) is 0 Å². The van der Waals surface area contributed by atoms with E-state index in [0.717, 1.165) is 19.1 Å². The Morgan fingerprint density at radius 2 is 2.11 bits per heavy atom. The van der Waals surface area contributed by atoms with Gasteiger partial charge in [0.2, 0.25) is 0 Å². The van der Waals surface area contributed by atoms with Crippen molar-refractivity contribution in [3.8, 4) is 0 Å². The molecule has 0 aromatic heterocycles. The van der Waals surface area contributed by atoms with E-state index in [2.05, 4.69) is 65.1 Å². The molecule has 1 N–H and O–H groups in total. The van der Waals surface area contributed by atoms with Gasteiger partial charge in [-0.15, -0.1) is 0 Å². The van der Waals surface area contributed by atoms with Gasteiger partial charge >= 0.3 is 0 Å². The molecular weight excluding hydrogens is 288 g/mol. The molecular formula is C15H23BrN2. The normalized spacial score (nSPS) is 15.2. The second-order valence-electron chi connectivity index (χ2n) is 5.33. The van der Waals surface area contributed by atoms with Gasteiger partial charge < -0.3 is 10.2 Å². The molecule has 0 heterocycles. The van der Waals surface area contributed by atoms with E-state index in [1.165, 1.54) is 28.6 Å². The third-order valence-corrected chi connectivity index (χ3v) is 4.14. The molecule has 1 aliphatic rings. The Hall–Kier alpha value is -0.540. The van der Waals surface area contributed by atoms with Crippen LogP contribution in [-0.4, -0.2) is 18.6 Å². The van der Waals surface area contributed by atoms with Crippen molar-refractivity contribution < 1.29 is 0 Å². The summed E-state index contributed by atoms with van der Waals surface area (Å²) >= 11 is 3.70. The molecule has 0 bridgehead atoms. The van der Waals surface area contributed by atoms with Gasteiger partial charge in [0.25, 0.3) is 0 Å². The number of anilines is 1. The third kappa shape index (κ3) is 3.48. The molecule has 0 spiro atoms. The van der Waals surface area contributed by atoms with E-state index in [1.807, 2.05) is 0 Å². The highest BCUT2D eigenvalue weighted by molar-refractivity contribution is 9.10. The molecule has 0 amide bonds. The number of rotatable bonds is 6. The zero-order valence-corrected chi connectivity index (χ0v) is 13.1. The maximum absolute atomic E-state index is 3.70. The number of hydrogen-bond donors (Lipinski definition) is 1. The SMILES string of the molecule is CCN(c1ccc(CNC(C)C)c(Br)c1)C1CC1. The monoisotopic (exact) mass is 310 g/mol. The molecule has 0 radical (unpaired) electrons. The lowest BCUT2D eigenvalue weighted by molar-refractivity contribution is 0.588. The van der Waals surface area contributed by atoms with Crippen LogP contribution in [0.2, 0.25) is 0 Å². The Morgan fingerprint density at radius 3 is 2.61 bits per heavy atom. The molecule has 0 saturated heterocycles. The van der Waals surface area contributed by atoms with Crippen LogP contribution in [0.1, 0.15) is 39.2 Å². The molecule has 1 aliphatic carbocycles. The number of halogens is 1. The first-order chi connectivity index (χ1) is 8.61. The van der Waals surface area contributed by atoms with Crippen LogP contribution < -0.4 is 10.2 Å². The molecule has 1 fully saturated rings. The molecule has 2 rings (SSSR count). The lowest BCUT2D eigenvalue weighted by Crippen LogP contribution is -2.25. The van der Waals surface area contributed by atoms with Crippen molar-refractivity contribution in [2.24, 2.45) is 0 Å². The Morgan fingerprint density at radius 1 is 1.39 bits per heavy atom. The van der Waals surface area contributed by atoms with Crippen LogP contribution in [0.4, 0.5) is 5.69 Å². The fourth-order valence-electron chi connectivity index (χ4n) is 2.21. The van der Waals surface area contributed by atoms with Crippen molar-refractivity contribution in [1.29, 1.82) is 0 Å². The lowest BCUT2D eigenvalue weighted by Gasteiger charge is -2.23. The van der Waals surface area contributed by atoms with Crippen molar-refractivity contribution in [3.05, 3.63) is 28.2 Å². The van der Waals surface area contributed by atoms with Gasteiger partial charge in [-0.2, -0.15) is 0 Å². The van der Waals surface area contributed by atoms with Crippen molar-refractivity contribution in [2.45, 2.75) is 52.2 Å². The standard InChI is InChI=1S/C15H23BrN2/c1-4-18(13-7-8-13)14-6-5-12(15(16)9-14)10-17-11(2)3/h5-6,9,11,13,17H,4,7-8,10H2,1-3H3. The van der Waals surface area contributed by atoms with Gasteiger partial charge in [0.15, 0.2) is 0 Å². The Balaban J connectivity index is 2.08. The number of nitrogens with one attached hydrogen (secondary N) is 1. The van der Waals surface area contributed by atoms with Crippen molar-refractivity contribution in [2.75, 3.05) is 11.4 Å². The minimum atomic E-state index is 0.523. The van der Waals surface area contributed by atoms with E-state index in [1.54, 1.807) is 0 Å². The fraction of sp³-hybridized carbons (Fsp3) is 0.600. The summed E-state index contributed by atoms with van der Waals surface area (Å²) < 4.78 is 1.22. The molecule has 3 heteroatoms. The summed E-state index contributed by atoms with van der Waals surface area (Å²) in [5, 5.41) is 3.46. The first-order valence-electron chi connectivity index (χ1n) is 6.90. The van der Waals surface area contributed by atoms with Gasteiger partial charge in [-0.25, -0.2) is 0 Å². The zero-order valence-electron chi connectivity index (χ0n) is 11.5. The summed E-state index contributed by atoms with van der Waals surface area (Å²) in [6.45, 7) is 8.61. The van der Waals surface area contributed by atoms with Gasteiger partial charge in [-0.1, -0.05) is 35.8 Å². The van der Waals surface area contributed by atoms with Crippen LogP contribution in [0.25, 0.3) is 0 Å². The molecule has 0 unspecified atom stereocenters. The van der Waals surface area contributed by atoms with E-state index in [0.29, 0.717) is 6.04 Å². The predicted octanol–water partition coefficient (Wildman–Crippen LogP) is 3.94. The average molecular weight is 311 g/mol. The van der Waals surface area contributed by atoms with E-state index in [4.69, 9.17) is 0 Å². The average Bonchev–Trinajstić information content (AvgIpc) is 3.13. The Labute approximate surface area is 119 Å². The van der Waals surface area contributed by atoms with E-state index >= 15 is 0 Å². The maximum atomic E-state index is 3.70. The zero-order chi connectivity index (χ0) is 13.1. The largest absolute Gasteiger partial charge is 0.369 e. The molecule has 18 heavy (non-hydrogen) atoms. The minimum absolute atomic E-state index is 0.523. The molecule has 100 valence electrons. The van der Waals surface area contributed by atoms with Gasteiger partial charge in [0.05, 0.1) is 0 Å². The number of nitrogens with zero attached hydrogens (tertiary/aromatic N) is 1. The maximum Gasteiger partial charge on any atom is 0.0380 e. The van der Waals surface area contributed by atoms with Gasteiger partial charge in [-0.05, 0) is 37.5 Å². The van der Waals surface area contributed by atoms with Crippen molar-refractivity contribution in [3.63, 3.8) is 0 Å². The molecule has 1 aromatic rings. The molecule has 1 saturated carbocycles. The summed E-state index contributed by atoms with van der Waals surface area (Å²) in [4.78, 5) is 2.50. The van der Waals surface area contributed by atoms with Crippen LogP contribution in [0.3, 0.4) is 0 Å². The minimum Gasteiger partial charge on any atom is -0.369 e. The Kier molecular flexibility index (Phi) is 4.68. The Bertz CT molecular complexity index is 399. The van der Waals surface area contributed by atoms with Gasteiger partial charge in [0.1, 0.15) is 0 Å². The van der Waals surface area contributed by atoms with Crippen molar-refractivity contribution >= 4 is 21.6 Å². The van der Waals surface area contributed by atoms with Crippen LogP contribution in [-0.2, 0) is 6.54 Å². The molecule has 0 atom stereocenters. The second kappa shape index (κ2) is 6.07. The lowest BCUT2D eigenvalue weighted by atomic mass is 10.2.